The van der Waals surface area contributed by atoms with Gasteiger partial charge in [0.15, 0.2) is 0 Å². The van der Waals surface area contributed by atoms with Crippen LogP contribution in [0.15, 0.2) is 23.8 Å². The molecule has 1 saturated carbocycles. The number of hydrogen-bond acceptors (Lipinski definition) is 3. The van der Waals surface area contributed by atoms with Gasteiger partial charge in [0.1, 0.15) is 17.8 Å². The maximum Gasteiger partial charge on any atom is 0.146 e. The minimum atomic E-state index is 0.0596. The van der Waals surface area contributed by atoms with Gasteiger partial charge in [-0.05, 0) is 58.8 Å². The van der Waals surface area contributed by atoms with Crippen molar-refractivity contribution >= 4 is 6.29 Å². The lowest BCUT2D eigenvalue weighted by Crippen LogP contribution is -2.51. The zero-order valence-corrected chi connectivity index (χ0v) is 20.0. The highest BCUT2D eigenvalue weighted by Crippen LogP contribution is 2.64. The third-order valence-electron chi connectivity index (χ3n) is 8.00. The van der Waals surface area contributed by atoms with Gasteiger partial charge in [-0.3, -0.25) is 4.79 Å². The monoisotopic (exact) mass is 412 g/mol. The first-order chi connectivity index (χ1) is 14.2. The molecule has 0 spiro atoms. The number of carbonyl (C=O) groups is 1. The summed E-state index contributed by atoms with van der Waals surface area (Å²) in [5, 5.41) is 0. The van der Waals surface area contributed by atoms with Gasteiger partial charge in [0.05, 0.1) is 14.2 Å². The fourth-order valence-electron chi connectivity index (χ4n) is 5.78. The molecule has 3 atom stereocenters. The Bertz CT molecular complexity index is 777. The average molecular weight is 413 g/mol. The fraction of sp³-hybridized carbons (Fsp3) is 0.667. The topological polar surface area (TPSA) is 35.5 Å². The highest BCUT2D eigenvalue weighted by Gasteiger charge is 2.56. The molecule has 3 heteroatoms. The van der Waals surface area contributed by atoms with Crippen LogP contribution < -0.4 is 9.47 Å². The predicted octanol–water partition coefficient (Wildman–Crippen LogP) is 6.84. The van der Waals surface area contributed by atoms with Crippen LogP contribution in [0.5, 0.6) is 11.5 Å². The number of allylic oxidation sites excluding steroid dienone is 2. The number of fused-ring (bicyclic) bond motifs is 1. The van der Waals surface area contributed by atoms with Gasteiger partial charge in [0.25, 0.3) is 0 Å². The summed E-state index contributed by atoms with van der Waals surface area (Å²) in [6.45, 7) is 11.5. The molecule has 0 radical (unpaired) electrons. The molecule has 1 aromatic rings. The zero-order chi connectivity index (χ0) is 22.1. The normalized spacial score (nSPS) is 24.6. The number of benzene rings is 1. The van der Waals surface area contributed by atoms with E-state index in [1.54, 1.807) is 14.2 Å². The molecule has 3 aliphatic rings. The van der Waals surface area contributed by atoms with Gasteiger partial charge in [-0.1, -0.05) is 66.4 Å². The Labute approximate surface area is 183 Å². The predicted molar refractivity (Wildman–Crippen MR) is 124 cm³/mol. The van der Waals surface area contributed by atoms with Crippen molar-refractivity contribution in [3.05, 3.63) is 34.9 Å². The summed E-state index contributed by atoms with van der Waals surface area (Å²) in [6, 6.07) is 4.42. The van der Waals surface area contributed by atoms with E-state index in [4.69, 9.17) is 9.47 Å². The minimum absolute atomic E-state index is 0.0596. The van der Waals surface area contributed by atoms with Crippen molar-refractivity contribution in [3.63, 3.8) is 0 Å². The largest absolute Gasteiger partial charge is 0.496 e. The Morgan fingerprint density at radius 1 is 1.10 bits per heavy atom. The smallest absolute Gasteiger partial charge is 0.146 e. The third-order valence-corrected chi connectivity index (χ3v) is 8.00. The molecule has 0 N–H and O–H groups in total. The lowest BCUT2D eigenvalue weighted by atomic mass is 9.45. The molecule has 3 aliphatic carbocycles. The molecule has 0 amide bonds. The molecular weight excluding hydrogens is 372 g/mol. The Hall–Kier alpha value is -1.77. The Morgan fingerprint density at radius 3 is 2.23 bits per heavy atom. The van der Waals surface area contributed by atoms with Crippen molar-refractivity contribution in [1.29, 1.82) is 0 Å². The maximum absolute atomic E-state index is 11.8. The number of methoxy groups -OCH3 is 2. The maximum atomic E-state index is 11.8. The van der Waals surface area contributed by atoms with Crippen molar-refractivity contribution in [2.45, 2.75) is 84.5 Å². The molecule has 0 aliphatic heterocycles. The van der Waals surface area contributed by atoms with Crippen molar-refractivity contribution in [2.24, 2.45) is 17.3 Å². The van der Waals surface area contributed by atoms with Gasteiger partial charge < -0.3 is 9.47 Å². The number of carbonyl (C=O) groups excluding carboxylic acids is 1. The van der Waals surface area contributed by atoms with Crippen LogP contribution in [-0.4, -0.2) is 20.5 Å². The van der Waals surface area contributed by atoms with E-state index in [1.165, 1.54) is 31.2 Å². The van der Waals surface area contributed by atoms with Gasteiger partial charge in [-0.15, -0.1) is 0 Å². The summed E-state index contributed by atoms with van der Waals surface area (Å²) >= 11 is 0. The first-order valence-corrected chi connectivity index (χ1v) is 11.6. The summed E-state index contributed by atoms with van der Waals surface area (Å²) < 4.78 is 11.9. The quantitative estimate of drug-likeness (QED) is 0.312. The van der Waals surface area contributed by atoms with Crippen LogP contribution in [0.2, 0.25) is 0 Å². The highest BCUT2D eigenvalue weighted by molar-refractivity contribution is 5.76. The third kappa shape index (κ3) is 3.92. The standard InChI is InChI=1S/C27H40O3/c1-8-9-10-11-12-26(2,3)19-14-23(29-6)25(24(15-19)30-7)20-13-18(17-28)21-16-22(20)27(21,4)5/h13-15,17,20-22H,8-12,16H2,1-7H3. The van der Waals surface area contributed by atoms with E-state index in [9.17, 15) is 4.79 Å². The van der Waals surface area contributed by atoms with Crippen LogP contribution in [0.3, 0.4) is 0 Å². The van der Waals surface area contributed by atoms with Gasteiger partial charge in [-0.25, -0.2) is 0 Å². The van der Waals surface area contributed by atoms with Gasteiger partial charge in [0, 0.05) is 11.5 Å². The molecule has 4 rings (SSSR count). The van der Waals surface area contributed by atoms with Crippen molar-refractivity contribution < 1.29 is 14.3 Å². The molecule has 2 bridgehead atoms. The van der Waals surface area contributed by atoms with Crippen LogP contribution in [0.1, 0.15) is 90.2 Å². The number of aldehydes is 1. The molecule has 166 valence electrons. The van der Waals surface area contributed by atoms with E-state index >= 15 is 0 Å². The second-order valence-electron chi connectivity index (χ2n) is 10.5. The second kappa shape index (κ2) is 8.77. The molecular formula is C27H40O3. The first kappa shape index (κ1) is 22.9. The average Bonchev–Trinajstić information content (AvgIpc) is 2.74. The number of rotatable bonds is 10. The summed E-state index contributed by atoms with van der Waals surface area (Å²) in [5.74, 6) is 2.81. The first-order valence-electron chi connectivity index (χ1n) is 11.6. The summed E-state index contributed by atoms with van der Waals surface area (Å²) in [6.07, 6.45) is 10.5. The van der Waals surface area contributed by atoms with Crippen LogP contribution >= 0.6 is 0 Å². The lowest BCUT2D eigenvalue weighted by Gasteiger charge is -2.58. The summed E-state index contributed by atoms with van der Waals surface area (Å²) in [4.78, 5) is 11.8. The molecule has 0 aromatic heterocycles. The van der Waals surface area contributed by atoms with E-state index in [0.29, 0.717) is 11.8 Å². The molecule has 3 nitrogen and oxygen atoms in total. The number of hydrogen-bond donors (Lipinski definition) is 0. The van der Waals surface area contributed by atoms with Crippen LogP contribution in [0.25, 0.3) is 0 Å². The van der Waals surface area contributed by atoms with Crippen LogP contribution in [0.4, 0.5) is 0 Å². The molecule has 0 saturated heterocycles. The van der Waals surface area contributed by atoms with E-state index in [0.717, 1.165) is 41.8 Å². The Balaban J connectivity index is 2.00. The number of ether oxygens (including phenoxy) is 2. The van der Waals surface area contributed by atoms with Gasteiger partial charge in [-0.2, -0.15) is 0 Å². The summed E-state index contributed by atoms with van der Waals surface area (Å²) in [7, 11) is 3.50. The molecule has 1 aromatic carbocycles. The van der Waals surface area contributed by atoms with Gasteiger partial charge in [0.2, 0.25) is 0 Å². The second-order valence-corrected chi connectivity index (χ2v) is 10.5. The molecule has 30 heavy (non-hydrogen) atoms. The highest BCUT2D eigenvalue weighted by atomic mass is 16.5. The van der Waals surface area contributed by atoms with Crippen molar-refractivity contribution in [1.82, 2.24) is 0 Å². The van der Waals surface area contributed by atoms with Crippen LogP contribution in [0, 0.1) is 17.3 Å². The Morgan fingerprint density at radius 2 is 1.73 bits per heavy atom. The summed E-state index contributed by atoms with van der Waals surface area (Å²) in [5.41, 5.74) is 3.49. The van der Waals surface area contributed by atoms with Crippen molar-refractivity contribution in [3.8, 4) is 11.5 Å². The SMILES string of the molecule is CCCCCCC(C)(C)c1cc(OC)c(C2C=C(C=O)C3CC2C3(C)C)c(OC)c1. The van der Waals surface area contributed by atoms with Crippen LogP contribution in [-0.2, 0) is 10.2 Å². The van der Waals surface area contributed by atoms with E-state index in [1.807, 2.05) is 0 Å². The van der Waals surface area contributed by atoms with Gasteiger partial charge >= 0.3 is 0 Å². The van der Waals surface area contributed by atoms with Crippen molar-refractivity contribution in [2.75, 3.05) is 14.2 Å². The van der Waals surface area contributed by atoms with E-state index in [-0.39, 0.29) is 16.7 Å². The molecule has 1 fully saturated rings. The van der Waals surface area contributed by atoms with E-state index in [2.05, 4.69) is 52.8 Å². The number of unbranched alkanes of at least 4 members (excludes halogenated alkanes) is 3. The molecule has 0 heterocycles. The minimum Gasteiger partial charge on any atom is -0.496 e. The fourth-order valence-corrected chi connectivity index (χ4v) is 5.78. The lowest BCUT2D eigenvalue weighted by molar-refractivity contribution is -0.108. The molecule has 3 unspecified atom stereocenters. The zero-order valence-electron chi connectivity index (χ0n) is 20.0. The van der Waals surface area contributed by atoms with E-state index < -0.39 is 0 Å². The Kier molecular flexibility index (Phi) is 6.69.